The lowest BCUT2D eigenvalue weighted by molar-refractivity contribution is 0.829. The maximum absolute atomic E-state index is 9.15. The molecule has 0 unspecified atom stereocenters. The van der Waals surface area contributed by atoms with Crippen LogP contribution in [-0.4, -0.2) is 4.98 Å². The predicted molar refractivity (Wildman–Crippen MR) is 70.6 cm³/mol. The molecule has 2 rings (SSSR count). The molecule has 4 heteroatoms. The summed E-state index contributed by atoms with van der Waals surface area (Å²) >= 11 is 12.1. The highest BCUT2D eigenvalue weighted by molar-refractivity contribution is 6.45. The molecule has 0 fully saturated rings. The van der Waals surface area contributed by atoms with Gasteiger partial charge in [-0.25, -0.2) is 0 Å². The standard InChI is InChI=1S/C13H10Cl2N2/c1-7(2)11-5-8(6-16)9-3-4-10(14)12(15)13(9)17-11/h3-5,7H,1-2H3. The van der Waals surface area contributed by atoms with Crippen LogP contribution >= 0.6 is 23.2 Å². The van der Waals surface area contributed by atoms with Crippen LogP contribution in [-0.2, 0) is 0 Å². The minimum atomic E-state index is 0.238. The van der Waals surface area contributed by atoms with Gasteiger partial charge in [-0.2, -0.15) is 5.26 Å². The van der Waals surface area contributed by atoms with E-state index in [-0.39, 0.29) is 5.92 Å². The molecule has 0 aliphatic heterocycles. The topological polar surface area (TPSA) is 36.7 Å². The number of rotatable bonds is 1. The van der Waals surface area contributed by atoms with Crippen molar-refractivity contribution in [3.05, 3.63) is 39.5 Å². The normalized spacial score (nSPS) is 10.8. The summed E-state index contributed by atoms with van der Waals surface area (Å²) < 4.78 is 0. The van der Waals surface area contributed by atoms with Crippen LogP contribution in [0.4, 0.5) is 0 Å². The van der Waals surface area contributed by atoms with Crippen LogP contribution in [0.25, 0.3) is 10.9 Å². The molecule has 0 atom stereocenters. The number of halogens is 2. The number of aromatic nitrogens is 1. The van der Waals surface area contributed by atoms with E-state index in [1.54, 1.807) is 18.2 Å². The fourth-order valence-corrected chi connectivity index (χ4v) is 2.00. The Bertz CT molecular complexity index is 627. The number of nitriles is 1. The van der Waals surface area contributed by atoms with Crippen LogP contribution in [0.3, 0.4) is 0 Å². The van der Waals surface area contributed by atoms with Crippen molar-refractivity contribution in [3.8, 4) is 6.07 Å². The second-order valence-electron chi connectivity index (χ2n) is 4.12. The van der Waals surface area contributed by atoms with Crippen LogP contribution in [0.2, 0.25) is 10.0 Å². The fourth-order valence-electron chi connectivity index (χ4n) is 1.64. The first-order chi connectivity index (χ1) is 8.04. The monoisotopic (exact) mass is 264 g/mol. The summed E-state index contributed by atoms with van der Waals surface area (Å²) in [5.41, 5.74) is 2.03. The highest BCUT2D eigenvalue weighted by atomic mass is 35.5. The number of nitrogens with zero attached hydrogens (tertiary/aromatic N) is 2. The van der Waals surface area contributed by atoms with Crippen molar-refractivity contribution >= 4 is 34.1 Å². The van der Waals surface area contributed by atoms with Gasteiger partial charge >= 0.3 is 0 Å². The van der Waals surface area contributed by atoms with E-state index in [4.69, 9.17) is 28.5 Å². The summed E-state index contributed by atoms with van der Waals surface area (Å²) in [6, 6.07) is 7.43. The van der Waals surface area contributed by atoms with Gasteiger partial charge in [-0.3, -0.25) is 4.98 Å². The zero-order valence-electron chi connectivity index (χ0n) is 9.46. The van der Waals surface area contributed by atoms with E-state index in [0.29, 0.717) is 21.1 Å². The van der Waals surface area contributed by atoms with E-state index in [9.17, 15) is 0 Å². The van der Waals surface area contributed by atoms with E-state index in [0.717, 1.165) is 11.1 Å². The zero-order valence-corrected chi connectivity index (χ0v) is 11.0. The first kappa shape index (κ1) is 12.2. The Morgan fingerprint density at radius 3 is 2.59 bits per heavy atom. The van der Waals surface area contributed by atoms with Crippen molar-refractivity contribution in [3.63, 3.8) is 0 Å². The Labute approximate surface area is 110 Å². The van der Waals surface area contributed by atoms with E-state index >= 15 is 0 Å². The van der Waals surface area contributed by atoms with Crippen LogP contribution < -0.4 is 0 Å². The van der Waals surface area contributed by atoms with Crippen molar-refractivity contribution in [2.75, 3.05) is 0 Å². The van der Waals surface area contributed by atoms with Gasteiger partial charge < -0.3 is 0 Å². The molecule has 0 aliphatic carbocycles. The average Bonchev–Trinajstić information content (AvgIpc) is 2.32. The third kappa shape index (κ3) is 2.09. The van der Waals surface area contributed by atoms with Gasteiger partial charge in [-0.05, 0) is 24.1 Å². The molecule has 0 saturated carbocycles. The fraction of sp³-hybridized carbons (Fsp3) is 0.231. The zero-order chi connectivity index (χ0) is 12.6. The van der Waals surface area contributed by atoms with Gasteiger partial charge in [0.25, 0.3) is 0 Å². The van der Waals surface area contributed by atoms with Crippen molar-refractivity contribution in [1.82, 2.24) is 4.98 Å². The maximum Gasteiger partial charge on any atom is 0.0999 e. The molecule has 1 heterocycles. The smallest absolute Gasteiger partial charge is 0.0999 e. The Balaban J connectivity index is 2.89. The maximum atomic E-state index is 9.15. The van der Waals surface area contributed by atoms with Gasteiger partial charge in [0, 0.05) is 11.1 Å². The molecule has 0 N–H and O–H groups in total. The molecular formula is C13H10Cl2N2. The Kier molecular flexibility index (Phi) is 3.24. The van der Waals surface area contributed by atoms with Gasteiger partial charge in [0.05, 0.1) is 27.2 Å². The molecule has 17 heavy (non-hydrogen) atoms. The van der Waals surface area contributed by atoms with E-state index in [1.807, 2.05) is 13.8 Å². The summed E-state index contributed by atoms with van der Waals surface area (Å²) in [7, 11) is 0. The van der Waals surface area contributed by atoms with Gasteiger partial charge in [-0.1, -0.05) is 37.0 Å². The second-order valence-corrected chi connectivity index (χ2v) is 4.90. The van der Waals surface area contributed by atoms with Crippen molar-refractivity contribution in [2.45, 2.75) is 19.8 Å². The predicted octanol–water partition coefficient (Wildman–Crippen LogP) is 4.54. The lowest BCUT2D eigenvalue weighted by atomic mass is 10.0. The Hall–Kier alpha value is -1.30. The summed E-state index contributed by atoms with van der Waals surface area (Å²) in [5.74, 6) is 0.238. The first-order valence-electron chi connectivity index (χ1n) is 5.23. The summed E-state index contributed by atoms with van der Waals surface area (Å²) in [4.78, 5) is 4.48. The highest BCUT2D eigenvalue weighted by Crippen LogP contribution is 2.32. The number of pyridine rings is 1. The molecule has 0 spiro atoms. The van der Waals surface area contributed by atoms with Gasteiger partial charge in [0.1, 0.15) is 0 Å². The van der Waals surface area contributed by atoms with Crippen molar-refractivity contribution in [2.24, 2.45) is 0 Å². The molecule has 2 nitrogen and oxygen atoms in total. The molecule has 0 bridgehead atoms. The number of fused-ring (bicyclic) bond motifs is 1. The van der Waals surface area contributed by atoms with Crippen LogP contribution in [0, 0.1) is 11.3 Å². The molecule has 2 aromatic rings. The molecular weight excluding hydrogens is 255 g/mol. The molecule has 0 saturated heterocycles. The third-order valence-corrected chi connectivity index (χ3v) is 3.40. The van der Waals surface area contributed by atoms with E-state index < -0.39 is 0 Å². The van der Waals surface area contributed by atoms with Gasteiger partial charge in [0.15, 0.2) is 0 Å². The highest BCUT2D eigenvalue weighted by Gasteiger charge is 2.12. The second kappa shape index (κ2) is 4.52. The van der Waals surface area contributed by atoms with Crippen LogP contribution in [0.1, 0.15) is 31.0 Å². The summed E-state index contributed by atoms with van der Waals surface area (Å²) in [6.45, 7) is 4.04. The van der Waals surface area contributed by atoms with Gasteiger partial charge in [-0.15, -0.1) is 0 Å². The molecule has 0 aliphatic rings. The lowest BCUT2D eigenvalue weighted by Crippen LogP contribution is -1.96. The van der Waals surface area contributed by atoms with Crippen molar-refractivity contribution in [1.29, 1.82) is 5.26 Å². The third-order valence-electron chi connectivity index (χ3n) is 2.60. The first-order valence-corrected chi connectivity index (χ1v) is 5.99. The molecule has 86 valence electrons. The SMILES string of the molecule is CC(C)c1cc(C#N)c2ccc(Cl)c(Cl)c2n1. The minimum absolute atomic E-state index is 0.238. The summed E-state index contributed by atoms with van der Waals surface area (Å²) in [5, 5.41) is 10.8. The average molecular weight is 265 g/mol. The van der Waals surface area contributed by atoms with E-state index in [1.165, 1.54) is 0 Å². The van der Waals surface area contributed by atoms with Gasteiger partial charge in [0.2, 0.25) is 0 Å². The molecule has 1 aromatic heterocycles. The Morgan fingerprint density at radius 2 is 2.00 bits per heavy atom. The lowest BCUT2D eigenvalue weighted by Gasteiger charge is -2.09. The quantitative estimate of drug-likeness (QED) is 0.759. The van der Waals surface area contributed by atoms with E-state index in [2.05, 4.69) is 11.1 Å². The number of hydrogen-bond donors (Lipinski definition) is 0. The molecule has 0 radical (unpaired) electrons. The minimum Gasteiger partial charge on any atom is -0.251 e. The summed E-state index contributed by atoms with van der Waals surface area (Å²) in [6.07, 6.45) is 0. The molecule has 1 aromatic carbocycles. The van der Waals surface area contributed by atoms with Crippen LogP contribution in [0.15, 0.2) is 18.2 Å². The van der Waals surface area contributed by atoms with Crippen LogP contribution in [0.5, 0.6) is 0 Å². The number of benzene rings is 1. The number of hydrogen-bond acceptors (Lipinski definition) is 2. The van der Waals surface area contributed by atoms with Crippen molar-refractivity contribution < 1.29 is 0 Å². The Morgan fingerprint density at radius 1 is 1.29 bits per heavy atom. The molecule has 0 amide bonds. The largest absolute Gasteiger partial charge is 0.251 e.